The van der Waals surface area contributed by atoms with E-state index in [0.29, 0.717) is 17.7 Å². The summed E-state index contributed by atoms with van der Waals surface area (Å²) in [7, 11) is -1.23. The Hall–Kier alpha value is -0.625. The number of rotatable bonds is 4. The van der Waals surface area contributed by atoms with E-state index in [1.807, 2.05) is 0 Å². The number of nitrogens with two attached hydrogens (primary N) is 1. The third-order valence-electron chi connectivity index (χ3n) is 8.74. The Labute approximate surface area is 176 Å². The number of piperidine rings is 2. The molecule has 0 aromatic rings. The van der Waals surface area contributed by atoms with Gasteiger partial charge in [-0.25, -0.2) is 0 Å². The average Bonchev–Trinajstić information content (AvgIpc) is 2.77. The predicted molar refractivity (Wildman–Crippen MR) is 115 cm³/mol. The van der Waals surface area contributed by atoms with E-state index in [9.17, 15) is 14.8 Å². The van der Waals surface area contributed by atoms with Gasteiger partial charge in [0, 0.05) is 25.0 Å². The van der Waals surface area contributed by atoms with Crippen molar-refractivity contribution in [2.45, 2.75) is 76.1 Å². The van der Waals surface area contributed by atoms with E-state index < -0.39 is 7.12 Å². The Kier molecular flexibility index (Phi) is 7.20. The lowest BCUT2D eigenvalue weighted by Crippen LogP contribution is -2.53. The SMILES string of the molecule is NCC1CCCC(C2CCN(C(=O)C3CCC4C(C3)NCCC4B(O)O)CC2)C1. The van der Waals surface area contributed by atoms with Gasteiger partial charge in [-0.3, -0.25) is 4.79 Å². The molecule has 0 spiro atoms. The molecule has 5 N–H and O–H groups in total. The van der Waals surface area contributed by atoms with Crippen LogP contribution >= 0.6 is 0 Å². The number of carbonyl (C=O) groups excluding carboxylic acids is 1. The summed E-state index contributed by atoms with van der Waals surface area (Å²) < 4.78 is 0. The van der Waals surface area contributed by atoms with Crippen molar-refractivity contribution in [1.82, 2.24) is 10.2 Å². The van der Waals surface area contributed by atoms with E-state index in [4.69, 9.17) is 5.73 Å². The minimum atomic E-state index is -1.23. The Balaban J connectivity index is 1.27. The first kappa shape index (κ1) is 21.6. The van der Waals surface area contributed by atoms with Gasteiger partial charge in [0.15, 0.2) is 0 Å². The minimum absolute atomic E-state index is 0.0408. The van der Waals surface area contributed by atoms with Crippen molar-refractivity contribution in [2.75, 3.05) is 26.2 Å². The highest BCUT2D eigenvalue weighted by Crippen LogP contribution is 2.42. The molecule has 6 unspecified atom stereocenters. The molecule has 0 bridgehead atoms. The van der Waals surface area contributed by atoms with Gasteiger partial charge in [0.1, 0.15) is 0 Å². The molecule has 2 aliphatic heterocycles. The first-order valence-electron chi connectivity index (χ1n) is 12.1. The van der Waals surface area contributed by atoms with Gasteiger partial charge < -0.3 is 26.0 Å². The number of fused-ring (bicyclic) bond motifs is 1. The van der Waals surface area contributed by atoms with E-state index >= 15 is 0 Å². The van der Waals surface area contributed by atoms with Crippen LogP contribution in [-0.2, 0) is 4.79 Å². The molecule has 2 saturated heterocycles. The van der Waals surface area contributed by atoms with Gasteiger partial charge in [0.2, 0.25) is 5.91 Å². The van der Waals surface area contributed by atoms with E-state index in [-0.39, 0.29) is 17.8 Å². The van der Waals surface area contributed by atoms with Crippen LogP contribution < -0.4 is 11.1 Å². The molecular weight excluding hydrogens is 365 g/mol. The Morgan fingerprint density at radius 3 is 2.52 bits per heavy atom. The van der Waals surface area contributed by atoms with Crippen LogP contribution in [0.25, 0.3) is 0 Å². The highest BCUT2D eigenvalue weighted by Gasteiger charge is 2.44. The van der Waals surface area contributed by atoms with Crippen molar-refractivity contribution in [3.63, 3.8) is 0 Å². The molecule has 2 saturated carbocycles. The van der Waals surface area contributed by atoms with E-state index in [2.05, 4.69) is 10.2 Å². The topological polar surface area (TPSA) is 98.8 Å². The summed E-state index contributed by atoms with van der Waals surface area (Å²) in [5.74, 6) is 3.01. The zero-order valence-electron chi connectivity index (χ0n) is 17.8. The van der Waals surface area contributed by atoms with Crippen LogP contribution in [0.2, 0.25) is 5.82 Å². The smallest absolute Gasteiger partial charge is 0.427 e. The Morgan fingerprint density at radius 1 is 1.00 bits per heavy atom. The largest absolute Gasteiger partial charge is 0.455 e. The molecule has 2 aliphatic carbocycles. The molecule has 1 amide bonds. The summed E-state index contributed by atoms with van der Waals surface area (Å²) >= 11 is 0. The molecule has 7 heteroatoms. The highest BCUT2D eigenvalue weighted by molar-refractivity contribution is 6.43. The van der Waals surface area contributed by atoms with Crippen molar-refractivity contribution in [3.05, 3.63) is 0 Å². The van der Waals surface area contributed by atoms with Crippen molar-refractivity contribution in [1.29, 1.82) is 0 Å². The fraction of sp³-hybridized carbons (Fsp3) is 0.955. The van der Waals surface area contributed by atoms with Crippen molar-refractivity contribution >= 4 is 13.0 Å². The van der Waals surface area contributed by atoms with Crippen LogP contribution in [-0.4, -0.2) is 60.2 Å². The quantitative estimate of drug-likeness (QED) is 0.533. The second-order valence-electron chi connectivity index (χ2n) is 10.3. The highest BCUT2D eigenvalue weighted by atomic mass is 16.4. The van der Waals surface area contributed by atoms with Gasteiger partial charge in [0.25, 0.3) is 0 Å². The van der Waals surface area contributed by atoms with Gasteiger partial charge in [-0.1, -0.05) is 12.8 Å². The van der Waals surface area contributed by atoms with Gasteiger partial charge in [-0.05, 0) is 93.9 Å². The molecule has 164 valence electrons. The molecule has 4 aliphatic rings. The lowest BCUT2D eigenvalue weighted by atomic mass is 9.56. The maximum atomic E-state index is 13.2. The molecule has 0 radical (unpaired) electrons. The van der Waals surface area contributed by atoms with Gasteiger partial charge in [-0.15, -0.1) is 0 Å². The average molecular weight is 405 g/mol. The number of carbonyl (C=O) groups is 1. The number of hydrogen-bond donors (Lipinski definition) is 4. The first-order chi connectivity index (χ1) is 14.1. The van der Waals surface area contributed by atoms with E-state index in [0.717, 1.165) is 76.5 Å². The summed E-state index contributed by atoms with van der Waals surface area (Å²) in [6, 6.07) is 0.256. The normalized spacial score (nSPS) is 39.1. The van der Waals surface area contributed by atoms with E-state index in [1.54, 1.807) is 0 Å². The lowest BCUT2D eigenvalue weighted by molar-refractivity contribution is -0.139. The molecular formula is C22H40BN3O3. The van der Waals surface area contributed by atoms with Crippen LogP contribution in [0.3, 0.4) is 0 Å². The zero-order chi connectivity index (χ0) is 20.4. The Bertz CT molecular complexity index is 555. The van der Waals surface area contributed by atoms with Crippen LogP contribution in [0.1, 0.15) is 64.2 Å². The monoisotopic (exact) mass is 405 g/mol. The van der Waals surface area contributed by atoms with Gasteiger partial charge in [0.05, 0.1) is 0 Å². The molecule has 4 rings (SSSR count). The number of amides is 1. The third-order valence-corrected chi connectivity index (χ3v) is 8.74. The fourth-order valence-electron chi connectivity index (χ4n) is 7.01. The molecule has 0 aromatic carbocycles. The number of likely N-dealkylation sites (tertiary alicyclic amines) is 1. The summed E-state index contributed by atoms with van der Waals surface area (Å²) in [5, 5.41) is 23.0. The lowest BCUT2D eigenvalue weighted by Gasteiger charge is -2.45. The maximum Gasteiger partial charge on any atom is 0.455 e. The number of nitrogens with one attached hydrogen (secondary N) is 1. The Morgan fingerprint density at radius 2 is 1.79 bits per heavy atom. The van der Waals surface area contributed by atoms with E-state index in [1.165, 1.54) is 25.7 Å². The number of hydrogen-bond acceptors (Lipinski definition) is 5. The standard InChI is InChI=1S/C22H40BN3O3/c24-14-15-2-1-3-17(12-15)16-7-10-26(11-8-16)22(27)18-4-5-19-20(23(28)29)6-9-25-21(19)13-18/h15-21,25,28-29H,1-14,24H2. The van der Waals surface area contributed by atoms with Crippen LogP contribution in [0.15, 0.2) is 0 Å². The fourth-order valence-corrected chi connectivity index (χ4v) is 7.01. The molecule has 6 nitrogen and oxygen atoms in total. The van der Waals surface area contributed by atoms with Gasteiger partial charge >= 0.3 is 7.12 Å². The zero-order valence-corrected chi connectivity index (χ0v) is 17.8. The minimum Gasteiger partial charge on any atom is -0.427 e. The summed E-state index contributed by atoms with van der Waals surface area (Å²) in [6.45, 7) is 3.49. The van der Waals surface area contributed by atoms with Crippen molar-refractivity contribution in [2.24, 2.45) is 35.3 Å². The second-order valence-corrected chi connectivity index (χ2v) is 10.3. The predicted octanol–water partition coefficient (Wildman–Crippen LogP) is 1.61. The van der Waals surface area contributed by atoms with Gasteiger partial charge in [-0.2, -0.15) is 0 Å². The summed E-state index contributed by atoms with van der Waals surface area (Å²) in [4.78, 5) is 15.3. The van der Waals surface area contributed by atoms with Crippen molar-refractivity contribution < 1.29 is 14.8 Å². The third kappa shape index (κ3) is 4.84. The molecule has 6 atom stereocenters. The molecule has 2 heterocycles. The first-order valence-corrected chi connectivity index (χ1v) is 12.1. The maximum absolute atomic E-state index is 13.2. The summed E-state index contributed by atoms with van der Waals surface area (Å²) in [6.07, 6.45) is 11.1. The summed E-state index contributed by atoms with van der Waals surface area (Å²) in [5.41, 5.74) is 5.93. The molecule has 4 fully saturated rings. The molecule has 29 heavy (non-hydrogen) atoms. The second kappa shape index (κ2) is 9.67. The number of nitrogens with zero attached hydrogens (tertiary/aromatic N) is 1. The van der Waals surface area contributed by atoms with Crippen LogP contribution in [0, 0.1) is 29.6 Å². The van der Waals surface area contributed by atoms with Crippen LogP contribution in [0.4, 0.5) is 0 Å². The van der Waals surface area contributed by atoms with Crippen LogP contribution in [0.5, 0.6) is 0 Å². The molecule has 0 aromatic heterocycles. The van der Waals surface area contributed by atoms with Crippen molar-refractivity contribution in [3.8, 4) is 0 Å².